The Kier molecular flexibility index (Phi) is 6.49. The molecule has 0 saturated heterocycles. The first-order valence-electron chi connectivity index (χ1n) is 11.9. The monoisotopic (exact) mass is 421 g/mol. The first-order valence-corrected chi connectivity index (χ1v) is 11.9. The molecule has 1 aromatic heterocycles. The molecule has 1 fully saturated rings. The highest BCUT2D eigenvalue weighted by molar-refractivity contribution is 6.00. The third kappa shape index (κ3) is 4.28. The smallest absolute Gasteiger partial charge is 0.271 e. The molecule has 0 spiro atoms. The molecule has 1 aliphatic carbocycles. The molecule has 2 amide bonds. The van der Waals surface area contributed by atoms with E-state index in [2.05, 4.69) is 24.4 Å². The standard InChI is InChI=1S/C26H35N3O2/c1-3-4-18-29-24(30)23-17-16-22(20-12-8-7-9-13-20)28(23)19-26(29,2)25(31)27-21-14-10-5-6-11-15-21/h7-9,12-13,16-17,21H,3-6,10-11,14-15,18-19H2,1-2H3,(H,27,31)/t26-/m1/s1. The first kappa shape index (κ1) is 21.7. The first-order chi connectivity index (χ1) is 15.0. The number of aromatic nitrogens is 1. The van der Waals surface area contributed by atoms with Gasteiger partial charge in [-0.2, -0.15) is 0 Å². The fraction of sp³-hybridized carbons (Fsp3) is 0.538. The van der Waals surface area contributed by atoms with Gasteiger partial charge in [-0.1, -0.05) is 69.4 Å². The van der Waals surface area contributed by atoms with Gasteiger partial charge >= 0.3 is 0 Å². The highest BCUT2D eigenvalue weighted by Crippen LogP contribution is 2.33. The largest absolute Gasteiger partial charge is 0.351 e. The molecule has 0 unspecified atom stereocenters. The molecular weight excluding hydrogens is 386 g/mol. The zero-order valence-corrected chi connectivity index (χ0v) is 18.9. The van der Waals surface area contributed by atoms with Crippen molar-refractivity contribution in [1.29, 1.82) is 0 Å². The van der Waals surface area contributed by atoms with Crippen LogP contribution in [0, 0.1) is 0 Å². The van der Waals surface area contributed by atoms with E-state index in [1.165, 1.54) is 25.7 Å². The molecule has 1 N–H and O–H groups in total. The molecule has 1 aliphatic heterocycles. The summed E-state index contributed by atoms with van der Waals surface area (Å²) >= 11 is 0. The van der Waals surface area contributed by atoms with Crippen LogP contribution in [0.15, 0.2) is 42.5 Å². The summed E-state index contributed by atoms with van der Waals surface area (Å²) in [5.41, 5.74) is 1.84. The maximum Gasteiger partial charge on any atom is 0.271 e. The number of unbranched alkanes of at least 4 members (excludes halogenated alkanes) is 1. The summed E-state index contributed by atoms with van der Waals surface area (Å²) in [4.78, 5) is 29.1. The van der Waals surface area contributed by atoms with Crippen LogP contribution in [0.2, 0.25) is 0 Å². The second kappa shape index (κ2) is 9.29. The van der Waals surface area contributed by atoms with Gasteiger partial charge < -0.3 is 14.8 Å². The number of carbonyl (C=O) groups is 2. The van der Waals surface area contributed by atoms with Crippen molar-refractivity contribution >= 4 is 11.8 Å². The topological polar surface area (TPSA) is 54.3 Å². The minimum Gasteiger partial charge on any atom is -0.351 e. The average molecular weight is 422 g/mol. The third-order valence-corrected chi connectivity index (χ3v) is 6.99. The average Bonchev–Trinajstić information content (AvgIpc) is 3.02. The second-order valence-corrected chi connectivity index (χ2v) is 9.30. The fourth-order valence-corrected chi connectivity index (χ4v) is 5.06. The van der Waals surface area contributed by atoms with E-state index in [0.29, 0.717) is 18.8 Å². The van der Waals surface area contributed by atoms with Crippen molar-refractivity contribution in [3.8, 4) is 11.3 Å². The Hall–Kier alpha value is -2.56. The lowest BCUT2D eigenvalue weighted by Gasteiger charge is -2.45. The van der Waals surface area contributed by atoms with E-state index in [1.807, 2.05) is 46.7 Å². The number of fused-ring (bicyclic) bond motifs is 1. The van der Waals surface area contributed by atoms with Crippen molar-refractivity contribution in [3.05, 3.63) is 48.2 Å². The van der Waals surface area contributed by atoms with Crippen LogP contribution < -0.4 is 5.32 Å². The van der Waals surface area contributed by atoms with Crippen LogP contribution in [0.5, 0.6) is 0 Å². The number of amides is 2. The number of nitrogens with zero attached hydrogens (tertiary/aromatic N) is 2. The zero-order chi connectivity index (χ0) is 21.8. The van der Waals surface area contributed by atoms with E-state index >= 15 is 0 Å². The molecule has 5 heteroatoms. The number of hydrogen-bond acceptors (Lipinski definition) is 2. The number of benzene rings is 1. The molecule has 31 heavy (non-hydrogen) atoms. The molecule has 0 bridgehead atoms. The summed E-state index contributed by atoms with van der Waals surface area (Å²) in [6.07, 6.45) is 8.78. The molecule has 2 heterocycles. The molecule has 0 radical (unpaired) electrons. The summed E-state index contributed by atoms with van der Waals surface area (Å²) in [5.74, 6) is -0.0531. The summed E-state index contributed by atoms with van der Waals surface area (Å²) in [6, 6.07) is 14.2. The Labute approximate surface area is 185 Å². The minimum absolute atomic E-state index is 0.0118. The predicted octanol–water partition coefficient (Wildman–Crippen LogP) is 5.01. The highest BCUT2D eigenvalue weighted by atomic mass is 16.2. The fourth-order valence-electron chi connectivity index (χ4n) is 5.06. The molecule has 1 atom stereocenters. The van der Waals surface area contributed by atoms with Gasteiger partial charge in [-0.25, -0.2) is 0 Å². The van der Waals surface area contributed by atoms with Gasteiger partial charge in [-0.05, 0) is 43.9 Å². The van der Waals surface area contributed by atoms with Gasteiger partial charge in [0.05, 0.1) is 6.54 Å². The van der Waals surface area contributed by atoms with Crippen molar-refractivity contribution in [1.82, 2.24) is 14.8 Å². The van der Waals surface area contributed by atoms with Gasteiger partial charge in [0.15, 0.2) is 0 Å². The third-order valence-electron chi connectivity index (χ3n) is 6.99. The molecule has 4 rings (SSSR count). The summed E-state index contributed by atoms with van der Waals surface area (Å²) in [7, 11) is 0. The maximum absolute atomic E-state index is 13.7. The van der Waals surface area contributed by atoms with E-state index in [9.17, 15) is 9.59 Å². The number of rotatable bonds is 6. The van der Waals surface area contributed by atoms with Crippen LogP contribution in [-0.4, -0.2) is 39.4 Å². The van der Waals surface area contributed by atoms with Gasteiger partial charge in [0, 0.05) is 18.3 Å². The predicted molar refractivity (Wildman–Crippen MR) is 124 cm³/mol. The van der Waals surface area contributed by atoms with Crippen LogP contribution in [0.25, 0.3) is 11.3 Å². The van der Waals surface area contributed by atoms with Gasteiger partial charge in [-0.15, -0.1) is 0 Å². The summed E-state index contributed by atoms with van der Waals surface area (Å²) in [6.45, 7) is 5.15. The molecule has 2 aromatic rings. The quantitative estimate of drug-likeness (QED) is 0.667. The molecule has 166 valence electrons. The van der Waals surface area contributed by atoms with Crippen molar-refractivity contribution in [2.45, 2.75) is 83.3 Å². The SMILES string of the molecule is CCCCN1C(=O)c2ccc(-c3ccccc3)n2C[C@]1(C)C(=O)NC1CCCCCC1. The maximum atomic E-state index is 13.7. The number of carbonyl (C=O) groups excluding carboxylic acids is 2. The summed E-state index contributed by atoms with van der Waals surface area (Å²) < 4.78 is 2.05. The van der Waals surface area contributed by atoms with Gasteiger partial charge in [0.1, 0.15) is 11.2 Å². The Morgan fingerprint density at radius 3 is 2.39 bits per heavy atom. The molecule has 2 aliphatic rings. The Bertz CT molecular complexity index is 912. The van der Waals surface area contributed by atoms with E-state index < -0.39 is 5.54 Å². The summed E-state index contributed by atoms with van der Waals surface area (Å²) in [5, 5.41) is 3.33. The van der Waals surface area contributed by atoms with Crippen molar-refractivity contribution in [2.75, 3.05) is 6.54 Å². The van der Waals surface area contributed by atoms with Crippen molar-refractivity contribution in [2.24, 2.45) is 0 Å². The molecule has 1 saturated carbocycles. The van der Waals surface area contributed by atoms with E-state index in [-0.39, 0.29) is 17.9 Å². The van der Waals surface area contributed by atoms with E-state index in [1.54, 1.807) is 0 Å². The minimum atomic E-state index is -0.895. The lowest BCUT2D eigenvalue weighted by Crippen LogP contribution is -2.65. The van der Waals surface area contributed by atoms with Gasteiger partial charge in [0.2, 0.25) is 5.91 Å². The Balaban J connectivity index is 1.67. The van der Waals surface area contributed by atoms with E-state index in [4.69, 9.17) is 0 Å². The van der Waals surface area contributed by atoms with Crippen LogP contribution in [0.3, 0.4) is 0 Å². The van der Waals surface area contributed by atoms with Crippen molar-refractivity contribution in [3.63, 3.8) is 0 Å². The Morgan fingerprint density at radius 2 is 1.71 bits per heavy atom. The second-order valence-electron chi connectivity index (χ2n) is 9.30. The zero-order valence-electron chi connectivity index (χ0n) is 18.9. The lowest BCUT2D eigenvalue weighted by molar-refractivity contribution is -0.133. The molecule has 5 nitrogen and oxygen atoms in total. The van der Waals surface area contributed by atoms with Gasteiger partial charge in [0.25, 0.3) is 5.91 Å². The number of hydrogen-bond donors (Lipinski definition) is 1. The lowest BCUT2D eigenvalue weighted by atomic mass is 9.93. The van der Waals surface area contributed by atoms with Crippen molar-refractivity contribution < 1.29 is 9.59 Å². The van der Waals surface area contributed by atoms with Crippen LogP contribution >= 0.6 is 0 Å². The normalized spacial score (nSPS) is 22.1. The van der Waals surface area contributed by atoms with E-state index in [0.717, 1.165) is 36.9 Å². The van der Waals surface area contributed by atoms with Crippen LogP contribution in [0.4, 0.5) is 0 Å². The van der Waals surface area contributed by atoms with Crippen LogP contribution in [-0.2, 0) is 11.3 Å². The molecule has 1 aromatic carbocycles. The van der Waals surface area contributed by atoms with Crippen LogP contribution in [0.1, 0.15) is 75.7 Å². The Morgan fingerprint density at radius 1 is 1.03 bits per heavy atom. The van der Waals surface area contributed by atoms with Gasteiger partial charge in [-0.3, -0.25) is 9.59 Å². The highest BCUT2D eigenvalue weighted by Gasteiger charge is 2.47. The number of nitrogens with one attached hydrogen (secondary N) is 1. The molecular formula is C26H35N3O2.